The highest BCUT2D eigenvalue weighted by Crippen LogP contribution is 2.39. The average Bonchev–Trinajstić information content (AvgIpc) is 3.09. The van der Waals surface area contributed by atoms with E-state index in [2.05, 4.69) is 21.4 Å². The van der Waals surface area contributed by atoms with E-state index in [1.807, 2.05) is 0 Å². The quantitative estimate of drug-likeness (QED) is 0.427. The second-order valence-corrected chi connectivity index (χ2v) is 4.70. The average molecular weight is 251 g/mol. The zero-order valence-electron chi connectivity index (χ0n) is 9.22. The number of nitrogen functional groups attached to an aromatic ring is 1. The van der Waals surface area contributed by atoms with Gasteiger partial charge in [-0.1, -0.05) is 17.7 Å². The Morgan fingerprint density at radius 1 is 1.65 bits per heavy atom. The molecule has 1 saturated carbocycles. The van der Waals surface area contributed by atoms with E-state index in [0.29, 0.717) is 11.1 Å². The smallest absolute Gasteiger partial charge is 0.231 e. The number of aromatic nitrogens is 3. The predicted molar refractivity (Wildman–Crippen MR) is 64.7 cm³/mol. The molecule has 1 aromatic rings. The molecule has 0 aliphatic heterocycles. The Hall–Kier alpha value is -1.68. The number of nitrogens with one attached hydrogen (secondary N) is 1. The molecule has 90 valence electrons. The van der Waals surface area contributed by atoms with Crippen LogP contribution in [0.2, 0.25) is 0 Å². The lowest BCUT2D eigenvalue weighted by Gasteiger charge is -2.02. The van der Waals surface area contributed by atoms with E-state index in [-0.39, 0.29) is 18.2 Å². The normalized spacial score (nSPS) is 14.3. The molecule has 0 saturated heterocycles. The maximum absolute atomic E-state index is 11.3. The summed E-state index contributed by atoms with van der Waals surface area (Å²) in [5, 5.41) is 11.1. The second-order valence-electron chi connectivity index (χ2n) is 3.75. The van der Waals surface area contributed by atoms with Crippen molar-refractivity contribution >= 4 is 17.7 Å². The number of carbonyl (C=O) groups is 1. The Bertz CT molecular complexity index is 460. The van der Waals surface area contributed by atoms with Gasteiger partial charge in [-0.05, 0) is 12.8 Å². The summed E-state index contributed by atoms with van der Waals surface area (Å²) in [6, 6.07) is 0. The summed E-state index contributed by atoms with van der Waals surface area (Å²) in [7, 11) is 0. The monoisotopic (exact) mass is 251 g/mol. The van der Waals surface area contributed by atoms with Crippen molar-refractivity contribution in [2.45, 2.75) is 23.9 Å². The highest BCUT2D eigenvalue weighted by atomic mass is 32.2. The van der Waals surface area contributed by atoms with Crippen LogP contribution in [0.4, 0.5) is 0 Å². The first-order valence-electron chi connectivity index (χ1n) is 5.25. The summed E-state index contributed by atoms with van der Waals surface area (Å²) in [5.41, 5.74) is 0. The molecule has 0 unspecified atom stereocenters. The van der Waals surface area contributed by atoms with Gasteiger partial charge in [0, 0.05) is 5.92 Å². The molecule has 1 aliphatic rings. The van der Waals surface area contributed by atoms with Crippen LogP contribution < -0.4 is 11.2 Å². The summed E-state index contributed by atoms with van der Waals surface area (Å²) >= 11 is 1.26. The van der Waals surface area contributed by atoms with Gasteiger partial charge in [0.25, 0.3) is 0 Å². The fraction of sp³-hybridized carbons (Fsp3) is 0.500. The van der Waals surface area contributed by atoms with Crippen molar-refractivity contribution in [1.29, 1.82) is 0 Å². The highest BCUT2D eigenvalue weighted by Gasteiger charge is 2.29. The first kappa shape index (κ1) is 11.8. The summed E-state index contributed by atoms with van der Waals surface area (Å²) < 4.78 is 1.47. The number of carbonyl (C=O) groups excluding carboxylic acids is 1. The fourth-order valence-corrected chi connectivity index (χ4v) is 2.03. The van der Waals surface area contributed by atoms with E-state index in [4.69, 9.17) is 12.3 Å². The Balaban J connectivity index is 1.86. The van der Waals surface area contributed by atoms with E-state index < -0.39 is 0 Å². The molecule has 0 atom stereocenters. The molecule has 7 heteroatoms. The summed E-state index contributed by atoms with van der Waals surface area (Å²) in [6.45, 7) is 0.238. The van der Waals surface area contributed by atoms with Crippen LogP contribution in [0.15, 0.2) is 5.16 Å². The lowest BCUT2D eigenvalue weighted by atomic mass is 10.4. The number of amides is 1. The van der Waals surface area contributed by atoms with Crippen molar-refractivity contribution < 1.29 is 4.79 Å². The molecule has 3 N–H and O–H groups in total. The van der Waals surface area contributed by atoms with E-state index in [0.717, 1.165) is 18.7 Å². The lowest BCUT2D eigenvalue weighted by molar-refractivity contribution is -0.118. The van der Waals surface area contributed by atoms with Crippen molar-refractivity contribution in [3.05, 3.63) is 5.82 Å². The van der Waals surface area contributed by atoms with Crippen LogP contribution >= 0.6 is 11.8 Å². The second kappa shape index (κ2) is 5.10. The van der Waals surface area contributed by atoms with Gasteiger partial charge in [0.05, 0.1) is 12.3 Å². The third kappa shape index (κ3) is 2.91. The number of hydrogen-bond acceptors (Lipinski definition) is 5. The largest absolute Gasteiger partial charge is 0.344 e. The Labute approximate surface area is 103 Å². The van der Waals surface area contributed by atoms with Crippen molar-refractivity contribution in [3.63, 3.8) is 0 Å². The van der Waals surface area contributed by atoms with E-state index in [1.165, 1.54) is 16.4 Å². The van der Waals surface area contributed by atoms with Gasteiger partial charge in [0.1, 0.15) is 0 Å². The summed E-state index contributed by atoms with van der Waals surface area (Å²) in [5.74, 6) is 9.52. The molecule has 6 nitrogen and oxygen atoms in total. The van der Waals surface area contributed by atoms with Crippen LogP contribution in [0, 0.1) is 12.3 Å². The lowest BCUT2D eigenvalue weighted by Crippen LogP contribution is -2.25. The van der Waals surface area contributed by atoms with Crippen molar-refractivity contribution in [3.8, 4) is 12.3 Å². The molecule has 1 amide bonds. The maximum atomic E-state index is 11.3. The third-order valence-corrected chi connectivity index (χ3v) is 3.30. The topological polar surface area (TPSA) is 85.8 Å². The SMILES string of the molecule is C#CCNC(=O)CSc1nnc(C2CC2)n1N. The van der Waals surface area contributed by atoms with E-state index in [1.54, 1.807) is 0 Å². The molecule has 2 rings (SSSR count). The van der Waals surface area contributed by atoms with Gasteiger partial charge in [-0.25, -0.2) is 4.68 Å². The molecule has 0 radical (unpaired) electrons. The minimum atomic E-state index is -0.135. The van der Waals surface area contributed by atoms with Crippen LogP contribution in [0.25, 0.3) is 0 Å². The molecule has 0 bridgehead atoms. The maximum Gasteiger partial charge on any atom is 0.231 e. The van der Waals surface area contributed by atoms with Crippen molar-refractivity contribution in [1.82, 2.24) is 20.2 Å². The van der Waals surface area contributed by atoms with Crippen LogP contribution in [-0.4, -0.2) is 33.1 Å². The van der Waals surface area contributed by atoms with Gasteiger partial charge in [-0.15, -0.1) is 16.6 Å². The number of hydrogen-bond donors (Lipinski definition) is 2. The number of rotatable bonds is 5. The van der Waals surface area contributed by atoms with E-state index in [9.17, 15) is 4.79 Å². The first-order chi connectivity index (χ1) is 8.22. The molecule has 1 heterocycles. The minimum Gasteiger partial charge on any atom is -0.344 e. The van der Waals surface area contributed by atoms with Gasteiger partial charge < -0.3 is 11.2 Å². The first-order valence-corrected chi connectivity index (χ1v) is 6.24. The molecule has 1 aromatic heterocycles. The summed E-state index contributed by atoms with van der Waals surface area (Å²) in [6.07, 6.45) is 7.26. The Kier molecular flexibility index (Phi) is 3.54. The van der Waals surface area contributed by atoms with Crippen molar-refractivity contribution in [2.75, 3.05) is 18.1 Å². The molecule has 1 fully saturated rings. The zero-order chi connectivity index (χ0) is 12.3. The van der Waals surface area contributed by atoms with Crippen LogP contribution in [0.5, 0.6) is 0 Å². The minimum absolute atomic E-state index is 0.135. The molecule has 1 aliphatic carbocycles. The van der Waals surface area contributed by atoms with Gasteiger partial charge in [0.15, 0.2) is 5.82 Å². The Morgan fingerprint density at radius 3 is 3.06 bits per heavy atom. The molecular formula is C10H13N5OS. The van der Waals surface area contributed by atoms with Gasteiger partial charge in [-0.2, -0.15) is 0 Å². The van der Waals surface area contributed by atoms with Gasteiger partial charge in [0.2, 0.25) is 11.1 Å². The van der Waals surface area contributed by atoms with E-state index >= 15 is 0 Å². The van der Waals surface area contributed by atoms with Gasteiger partial charge >= 0.3 is 0 Å². The predicted octanol–water partition coefficient (Wildman–Crippen LogP) is -0.289. The van der Waals surface area contributed by atoms with Crippen molar-refractivity contribution in [2.24, 2.45) is 0 Å². The summed E-state index contributed by atoms with van der Waals surface area (Å²) in [4.78, 5) is 11.3. The number of nitrogens with two attached hydrogens (primary N) is 1. The van der Waals surface area contributed by atoms with Crippen LogP contribution in [0.3, 0.4) is 0 Å². The van der Waals surface area contributed by atoms with Crippen LogP contribution in [-0.2, 0) is 4.79 Å². The molecule has 0 aromatic carbocycles. The number of nitrogens with zero attached hydrogens (tertiary/aromatic N) is 3. The van der Waals surface area contributed by atoms with Gasteiger partial charge in [-0.3, -0.25) is 4.79 Å². The fourth-order valence-electron chi connectivity index (χ4n) is 1.34. The zero-order valence-corrected chi connectivity index (χ0v) is 10.0. The molecule has 0 spiro atoms. The van der Waals surface area contributed by atoms with Crippen LogP contribution in [0.1, 0.15) is 24.6 Å². The molecule has 17 heavy (non-hydrogen) atoms. The third-order valence-electron chi connectivity index (χ3n) is 2.35. The number of thioether (sulfide) groups is 1. The number of terminal acetylenes is 1. The molecular weight excluding hydrogens is 238 g/mol. The highest BCUT2D eigenvalue weighted by molar-refractivity contribution is 7.99. The Morgan fingerprint density at radius 2 is 2.41 bits per heavy atom. The standard InChI is InChI=1S/C10H13N5OS/c1-2-5-12-8(16)6-17-10-14-13-9(15(10)11)7-3-4-7/h1,7H,3-6,11H2,(H,12,16).